The first-order chi connectivity index (χ1) is 9.42. The van der Waals surface area contributed by atoms with Crippen molar-refractivity contribution < 1.29 is 14.3 Å². The van der Waals surface area contributed by atoms with E-state index in [4.69, 9.17) is 4.74 Å². The number of halogens is 1. The molecule has 0 heterocycles. The van der Waals surface area contributed by atoms with E-state index >= 15 is 0 Å². The number of rotatable bonds is 5. The van der Waals surface area contributed by atoms with Crippen LogP contribution in [0.5, 0.6) is 5.75 Å². The summed E-state index contributed by atoms with van der Waals surface area (Å²) in [4.78, 5) is 24.1. The van der Waals surface area contributed by atoms with Crippen LogP contribution in [0, 0.1) is 0 Å². The highest BCUT2D eigenvalue weighted by Crippen LogP contribution is 2.23. The molecule has 0 aliphatic carbocycles. The molecule has 6 nitrogen and oxygen atoms in total. The van der Waals surface area contributed by atoms with Crippen molar-refractivity contribution in [1.82, 2.24) is 15.8 Å². The summed E-state index contributed by atoms with van der Waals surface area (Å²) < 4.78 is 6.23. The molecular formula is C13H18BrN3O3. The molecule has 0 aliphatic rings. The van der Waals surface area contributed by atoms with Gasteiger partial charge in [0.05, 0.1) is 13.7 Å². The van der Waals surface area contributed by atoms with Crippen LogP contribution in [0.2, 0.25) is 0 Å². The second kappa shape index (κ2) is 7.86. The van der Waals surface area contributed by atoms with Gasteiger partial charge in [0.15, 0.2) is 0 Å². The Balaban J connectivity index is 2.57. The van der Waals surface area contributed by atoms with Crippen molar-refractivity contribution in [1.29, 1.82) is 0 Å². The fourth-order valence-corrected chi connectivity index (χ4v) is 2.07. The van der Waals surface area contributed by atoms with E-state index in [2.05, 4.69) is 26.8 Å². The van der Waals surface area contributed by atoms with Crippen molar-refractivity contribution in [3.8, 4) is 5.75 Å². The van der Waals surface area contributed by atoms with Crippen molar-refractivity contribution in [3.05, 3.63) is 28.2 Å². The number of carbonyl (C=O) groups excluding carboxylic acids is 2. The summed E-state index contributed by atoms with van der Waals surface area (Å²) in [7, 11) is 3.42. The van der Waals surface area contributed by atoms with E-state index in [1.165, 1.54) is 6.92 Å². The van der Waals surface area contributed by atoms with Crippen molar-refractivity contribution in [2.24, 2.45) is 0 Å². The van der Waals surface area contributed by atoms with E-state index in [1.807, 2.05) is 30.1 Å². The quantitative estimate of drug-likeness (QED) is 0.784. The molecule has 0 spiro atoms. The van der Waals surface area contributed by atoms with Crippen molar-refractivity contribution in [3.63, 3.8) is 0 Å². The number of carbonyl (C=O) groups is 2. The van der Waals surface area contributed by atoms with Crippen molar-refractivity contribution in [2.75, 3.05) is 20.7 Å². The molecule has 7 heteroatoms. The summed E-state index contributed by atoms with van der Waals surface area (Å²) in [6.07, 6.45) is 0. The second-order valence-corrected chi connectivity index (χ2v) is 5.27. The van der Waals surface area contributed by atoms with Crippen LogP contribution < -0.4 is 15.6 Å². The molecule has 20 heavy (non-hydrogen) atoms. The lowest BCUT2D eigenvalue weighted by Crippen LogP contribution is -2.44. The predicted molar refractivity (Wildman–Crippen MR) is 79.0 cm³/mol. The van der Waals surface area contributed by atoms with Gasteiger partial charge in [-0.05, 0) is 25.2 Å². The molecule has 1 aromatic carbocycles. The first-order valence-corrected chi connectivity index (χ1v) is 6.78. The maximum Gasteiger partial charge on any atom is 0.252 e. The molecule has 0 unspecified atom stereocenters. The number of likely N-dealkylation sites (N-methyl/N-ethyl adjacent to an activating group) is 1. The van der Waals surface area contributed by atoms with Crippen LogP contribution in [0.3, 0.4) is 0 Å². The molecule has 0 atom stereocenters. The van der Waals surface area contributed by atoms with Crippen LogP contribution in [0.4, 0.5) is 0 Å². The largest absolute Gasteiger partial charge is 0.496 e. The topological polar surface area (TPSA) is 70.7 Å². The molecule has 1 rings (SSSR count). The lowest BCUT2D eigenvalue weighted by Gasteiger charge is -2.18. The van der Waals surface area contributed by atoms with Gasteiger partial charge in [0.25, 0.3) is 5.91 Å². The molecule has 110 valence electrons. The van der Waals surface area contributed by atoms with E-state index < -0.39 is 0 Å². The van der Waals surface area contributed by atoms with Gasteiger partial charge < -0.3 is 4.74 Å². The van der Waals surface area contributed by atoms with Crippen LogP contribution in [0.25, 0.3) is 0 Å². The Morgan fingerprint density at radius 3 is 2.65 bits per heavy atom. The highest BCUT2D eigenvalue weighted by atomic mass is 79.9. The van der Waals surface area contributed by atoms with Crippen LogP contribution in [0.1, 0.15) is 12.5 Å². The Hall–Kier alpha value is -1.60. The Bertz CT molecular complexity index is 494. The Morgan fingerprint density at radius 2 is 2.05 bits per heavy atom. The maximum atomic E-state index is 11.6. The fraction of sp³-hybridized carbons (Fsp3) is 0.385. The Morgan fingerprint density at radius 1 is 1.35 bits per heavy atom. The lowest BCUT2D eigenvalue weighted by molar-refractivity contribution is -0.128. The predicted octanol–water partition coefficient (Wildman–Crippen LogP) is 1.06. The molecule has 2 amide bonds. The number of methoxy groups -OCH3 is 1. The molecule has 0 aliphatic heterocycles. The summed E-state index contributed by atoms with van der Waals surface area (Å²) in [6.45, 7) is 2.04. The van der Waals surface area contributed by atoms with Crippen molar-refractivity contribution >= 4 is 27.7 Å². The van der Waals surface area contributed by atoms with E-state index in [9.17, 15) is 9.59 Å². The first-order valence-electron chi connectivity index (χ1n) is 5.98. The van der Waals surface area contributed by atoms with Gasteiger partial charge in [-0.2, -0.15) is 0 Å². The van der Waals surface area contributed by atoms with Gasteiger partial charge in [0, 0.05) is 23.5 Å². The van der Waals surface area contributed by atoms with Crippen LogP contribution in [-0.2, 0) is 16.1 Å². The fourth-order valence-electron chi connectivity index (χ4n) is 1.66. The van der Waals surface area contributed by atoms with E-state index in [1.54, 1.807) is 7.11 Å². The van der Waals surface area contributed by atoms with Gasteiger partial charge in [-0.1, -0.05) is 15.9 Å². The highest BCUT2D eigenvalue weighted by molar-refractivity contribution is 9.10. The molecule has 1 aromatic rings. The van der Waals surface area contributed by atoms with Gasteiger partial charge in [-0.25, -0.2) is 0 Å². The zero-order valence-corrected chi connectivity index (χ0v) is 13.3. The van der Waals surface area contributed by atoms with Gasteiger partial charge >= 0.3 is 0 Å². The number of hydrogen-bond acceptors (Lipinski definition) is 4. The number of ether oxygens (including phenoxy) is 1. The number of benzene rings is 1. The third-order valence-corrected chi connectivity index (χ3v) is 2.97. The summed E-state index contributed by atoms with van der Waals surface area (Å²) in [5.74, 6) is 0.175. The summed E-state index contributed by atoms with van der Waals surface area (Å²) in [6, 6.07) is 5.71. The van der Waals surface area contributed by atoms with E-state index in [0.717, 1.165) is 15.8 Å². The van der Waals surface area contributed by atoms with Gasteiger partial charge in [0.2, 0.25) is 5.91 Å². The Labute approximate surface area is 126 Å². The number of nitrogens with zero attached hydrogens (tertiary/aromatic N) is 1. The number of amides is 2. The molecule has 0 fully saturated rings. The SMILES string of the molecule is COc1ccc(Br)cc1CN(C)CC(=O)NNC(C)=O. The van der Waals surface area contributed by atoms with Gasteiger partial charge in [-0.3, -0.25) is 25.3 Å². The molecule has 0 saturated heterocycles. The minimum absolute atomic E-state index is 0.163. The van der Waals surface area contributed by atoms with Crippen LogP contribution in [0.15, 0.2) is 22.7 Å². The number of hydrogen-bond donors (Lipinski definition) is 2. The van der Waals surface area contributed by atoms with Gasteiger partial charge in [0.1, 0.15) is 5.75 Å². The molecule has 0 radical (unpaired) electrons. The lowest BCUT2D eigenvalue weighted by atomic mass is 10.2. The van der Waals surface area contributed by atoms with Gasteiger partial charge in [-0.15, -0.1) is 0 Å². The Kier molecular flexibility index (Phi) is 6.47. The first kappa shape index (κ1) is 16.5. The maximum absolute atomic E-state index is 11.6. The monoisotopic (exact) mass is 343 g/mol. The van der Waals surface area contributed by atoms with E-state index in [-0.39, 0.29) is 18.4 Å². The molecule has 0 bridgehead atoms. The second-order valence-electron chi connectivity index (χ2n) is 4.36. The highest BCUT2D eigenvalue weighted by Gasteiger charge is 2.10. The summed E-state index contributed by atoms with van der Waals surface area (Å²) >= 11 is 3.41. The number of hydrazine groups is 1. The molecule has 2 N–H and O–H groups in total. The zero-order valence-electron chi connectivity index (χ0n) is 11.7. The van der Waals surface area contributed by atoms with Crippen LogP contribution in [-0.4, -0.2) is 37.4 Å². The minimum Gasteiger partial charge on any atom is -0.496 e. The van der Waals surface area contributed by atoms with E-state index in [0.29, 0.717) is 6.54 Å². The third-order valence-electron chi connectivity index (χ3n) is 2.47. The average molecular weight is 344 g/mol. The molecular weight excluding hydrogens is 326 g/mol. The third kappa shape index (κ3) is 5.58. The average Bonchev–Trinajstić information content (AvgIpc) is 2.36. The number of nitrogens with one attached hydrogen (secondary N) is 2. The standard InChI is InChI=1S/C13H18BrN3O3/c1-9(18)15-16-13(19)8-17(2)7-10-6-11(14)4-5-12(10)20-3/h4-6H,7-8H2,1-3H3,(H,15,18)(H,16,19). The smallest absolute Gasteiger partial charge is 0.252 e. The normalized spacial score (nSPS) is 10.2. The van der Waals surface area contributed by atoms with Crippen molar-refractivity contribution in [2.45, 2.75) is 13.5 Å². The minimum atomic E-state index is -0.310. The summed E-state index contributed by atoms with van der Waals surface area (Å²) in [5, 5.41) is 0. The zero-order chi connectivity index (χ0) is 15.1. The van der Waals surface area contributed by atoms with Crippen LogP contribution >= 0.6 is 15.9 Å². The summed E-state index contributed by atoms with van der Waals surface area (Å²) in [5.41, 5.74) is 5.54. The molecule has 0 saturated carbocycles. The molecule has 0 aromatic heterocycles.